The lowest BCUT2D eigenvalue weighted by Crippen LogP contribution is -2.24. The molecule has 8 nitrogen and oxygen atoms in total. The number of sulfone groups is 1. The van der Waals surface area contributed by atoms with E-state index < -0.39 is 28.1 Å². The maximum atomic E-state index is 13.6. The first-order chi connectivity index (χ1) is 16.5. The molecule has 0 atom stereocenters. The molecule has 0 aliphatic heterocycles. The van der Waals surface area contributed by atoms with Crippen molar-refractivity contribution in [2.24, 2.45) is 0 Å². The molecule has 0 unspecified atom stereocenters. The van der Waals surface area contributed by atoms with Crippen LogP contribution in [0, 0.1) is 0 Å². The first-order valence-corrected chi connectivity index (χ1v) is 12.0. The number of hydrogen-bond acceptors (Lipinski definition) is 7. The molecule has 0 aliphatic rings. The van der Waals surface area contributed by atoms with E-state index >= 15 is 0 Å². The zero-order chi connectivity index (χ0) is 25.4. The van der Waals surface area contributed by atoms with Gasteiger partial charge in [0.15, 0.2) is 15.5 Å². The first-order valence-electron chi connectivity index (χ1n) is 10.1. The van der Waals surface area contributed by atoms with E-state index in [4.69, 9.17) is 4.74 Å². The number of alkyl halides is 3. The highest BCUT2D eigenvalue weighted by molar-refractivity contribution is 7.90. The van der Waals surface area contributed by atoms with Gasteiger partial charge in [-0.25, -0.2) is 13.4 Å². The Bertz CT molecular complexity index is 1550. The van der Waals surface area contributed by atoms with Gasteiger partial charge in [0.1, 0.15) is 12.3 Å². The van der Waals surface area contributed by atoms with Crippen molar-refractivity contribution < 1.29 is 26.3 Å². The zero-order valence-electron chi connectivity index (χ0n) is 18.5. The lowest BCUT2D eigenvalue weighted by atomic mass is 10.1. The molecular formula is C23H19F3N4O4S. The number of rotatable bonds is 6. The van der Waals surface area contributed by atoms with Gasteiger partial charge in [-0.1, -0.05) is 12.1 Å². The minimum absolute atomic E-state index is 0.0938. The number of benzene rings is 2. The first kappa shape index (κ1) is 24.2. The number of fused-ring (bicyclic) bond motifs is 1. The van der Waals surface area contributed by atoms with Gasteiger partial charge < -0.3 is 10.1 Å². The maximum Gasteiger partial charge on any atom is 0.405 e. The molecule has 0 saturated heterocycles. The third-order valence-electron chi connectivity index (χ3n) is 5.11. The molecule has 0 radical (unpaired) electrons. The van der Waals surface area contributed by atoms with E-state index in [0.717, 1.165) is 6.26 Å². The van der Waals surface area contributed by atoms with Gasteiger partial charge in [-0.3, -0.25) is 9.36 Å². The van der Waals surface area contributed by atoms with Crippen LogP contribution in [-0.2, 0) is 9.84 Å². The molecule has 35 heavy (non-hydrogen) atoms. The molecule has 0 spiro atoms. The van der Waals surface area contributed by atoms with Crippen LogP contribution in [0.2, 0.25) is 0 Å². The van der Waals surface area contributed by atoms with Crippen molar-refractivity contribution in [3.8, 4) is 22.6 Å². The SMILES string of the molecule is COc1ccc(-n2c(=O)c(-c3ccc(S(C)(=O)=O)cc3)cc3cnc(NCC(F)(F)F)nc32)cc1. The van der Waals surface area contributed by atoms with Crippen LogP contribution in [0.5, 0.6) is 5.75 Å². The van der Waals surface area contributed by atoms with Gasteiger partial charge in [0.05, 0.1) is 17.7 Å². The number of halogens is 3. The quantitative estimate of drug-likeness (QED) is 0.426. The van der Waals surface area contributed by atoms with E-state index in [0.29, 0.717) is 22.4 Å². The number of methoxy groups -OCH3 is 1. The van der Waals surface area contributed by atoms with Crippen molar-refractivity contribution in [3.63, 3.8) is 0 Å². The van der Waals surface area contributed by atoms with E-state index in [2.05, 4.69) is 15.3 Å². The topological polar surface area (TPSA) is 103 Å². The molecule has 0 aliphatic carbocycles. The second-order valence-electron chi connectivity index (χ2n) is 7.63. The van der Waals surface area contributed by atoms with Crippen LogP contribution in [0.25, 0.3) is 27.8 Å². The van der Waals surface area contributed by atoms with Gasteiger partial charge in [0.2, 0.25) is 5.95 Å². The Hall–Kier alpha value is -3.93. The summed E-state index contributed by atoms with van der Waals surface area (Å²) in [7, 11) is -1.94. The standard InChI is InChI=1S/C23H19F3N4O4S/c1-34-17-7-5-16(6-8-17)30-20-15(12-27-22(29-20)28-13-23(24,25)26)11-19(21(30)31)14-3-9-18(10-4-14)35(2,32)33/h3-12H,13H2,1-2H3,(H,27,28,29). The Morgan fingerprint density at radius 2 is 1.71 bits per heavy atom. The molecule has 12 heteroatoms. The van der Waals surface area contributed by atoms with Crippen molar-refractivity contribution >= 4 is 26.8 Å². The normalized spacial score (nSPS) is 12.0. The average Bonchev–Trinajstić information content (AvgIpc) is 2.81. The molecular weight excluding hydrogens is 485 g/mol. The summed E-state index contributed by atoms with van der Waals surface area (Å²) < 4.78 is 68.0. The summed E-state index contributed by atoms with van der Waals surface area (Å²) in [6.07, 6.45) is -2.08. The summed E-state index contributed by atoms with van der Waals surface area (Å²) in [5, 5.41) is 2.51. The monoisotopic (exact) mass is 504 g/mol. The summed E-state index contributed by atoms with van der Waals surface area (Å²) in [4.78, 5) is 21.8. The van der Waals surface area contributed by atoms with Crippen LogP contribution in [0.1, 0.15) is 0 Å². The molecule has 182 valence electrons. The van der Waals surface area contributed by atoms with Gasteiger partial charge in [-0.15, -0.1) is 0 Å². The summed E-state index contributed by atoms with van der Waals surface area (Å²) in [6, 6.07) is 13.8. The third-order valence-corrected chi connectivity index (χ3v) is 6.24. The fraction of sp³-hybridized carbons (Fsp3) is 0.174. The lowest BCUT2D eigenvalue weighted by Gasteiger charge is -2.14. The second kappa shape index (κ2) is 9.02. The van der Waals surface area contributed by atoms with Gasteiger partial charge in [-0.2, -0.15) is 18.2 Å². The zero-order valence-corrected chi connectivity index (χ0v) is 19.3. The number of nitrogens with zero attached hydrogens (tertiary/aromatic N) is 3. The van der Waals surface area contributed by atoms with Crippen molar-refractivity contribution in [1.82, 2.24) is 14.5 Å². The Morgan fingerprint density at radius 3 is 2.29 bits per heavy atom. The van der Waals surface area contributed by atoms with E-state index in [1.54, 1.807) is 24.3 Å². The van der Waals surface area contributed by atoms with Crippen LogP contribution in [0.4, 0.5) is 19.1 Å². The number of pyridine rings is 1. The predicted molar refractivity (Wildman–Crippen MR) is 125 cm³/mol. The lowest BCUT2D eigenvalue weighted by molar-refractivity contribution is -0.115. The Labute approximate surface area is 198 Å². The minimum Gasteiger partial charge on any atom is -0.497 e. The van der Waals surface area contributed by atoms with Crippen LogP contribution in [0.15, 0.2) is 70.5 Å². The number of anilines is 1. The van der Waals surface area contributed by atoms with Crippen LogP contribution >= 0.6 is 0 Å². The average molecular weight is 504 g/mol. The van der Waals surface area contributed by atoms with E-state index in [1.165, 1.54) is 48.2 Å². The Morgan fingerprint density at radius 1 is 1.06 bits per heavy atom. The molecule has 2 aromatic heterocycles. The van der Waals surface area contributed by atoms with Gasteiger partial charge in [0.25, 0.3) is 5.56 Å². The molecule has 4 aromatic rings. The van der Waals surface area contributed by atoms with Crippen LogP contribution < -0.4 is 15.6 Å². The van der Waals surface area contributed by atoms with Crippen molar-refractivity contribution in [1.29, 1.82) is 0 Å². The van der Waals surface area contributed by atoms with Crippen LogP contribution in [-0.4, -0.2) is 49.0 Å². The highest BCUT2D eigenvalue weighted by Gasteiger charge is 2.27. The number of nitrogens with one attached hydrogen (secondary N) is 1. The fourth-order valence-electron chi connectivity index (χ4n) is 3.42. The maximum absolute atomic E-state index is 13.6. The molecule has 1 N–H and O–H groups in total. The van der Waals surface area contributed by atoms with Gasteiger partial charge in [-0.05, 0) is 48.0 Å². The number of aromatic nitrogens is 3. The largest absolute Gasteiger partial charge is 0.497 e. The Kier molecular flexibility index (Phi) is 6.24. The molecule has 4 rings (SSSR count). The molecule has 2 aromatic carbocycles. The molecule has 0 saturated carbocycles. The highest BCUT2D eigenvalue weighted by Crippen LogP contribution is 2.25. The smallest absolute Gasteiger partial charge is 0.405 e. The highest BCUT2D eigenvalue weighted by atomic mass is 32.2. The fourth-order valence-corrected chi connectivity index (χ4v) is 4.05. The van der Waals surface area contributed by atoms with Crippen molar-refractivity contribution in [2.75, 3.05) is 25.2 Å². The third kappa shape index (κ3) is 5.27. The molecule has 0 fully saturated rings. The van der Waals surface area contributed by atoms with Gasteiger partial charge in [0, 0.05) is 23.4 Å². The summed E-state index contributed by atoms with van der Waals surface area (Å²) in [5.74, 6) is 0.252. The predicted octanol–water partition coefficient (Wildman–Crippen LogP) is 3.83. The molecule has 0 amide bonds. The van der Waals surface area contributed by atoms with Crippen LogP contribution in [0.3, 0.4) is 0 Å². The minimum atomic E-state index is -4.48. The van der Waals surface area contributed by atoms with E-state index in [-0.39, 0.29) is 22.1 Å². The van der Waals surface area contributed by atoms with E-state index in [1.807, 2.05) is 0 Å². The molecule has 2 heterocycles. The van der Waals surface area contributed by atoms with Crippen molar-refractivity contribution in [2.45, 2.75) is 11.1 Å². The Balaban J connectivity index is 1.92. The number of ether oxygens (including phenoxy) is 1. The van der Waals surface area contributed by atoms with Gasteiger partial charge >= 0.3 is 6.18 Å². The number of hydrogen-bond donors (Lipinski definition) is 1. The summed E-state index contributed by atoms with van der Waals surface area (Å²) >= 11 is 0. The summed E-state index contributed by atoms with van der Waals surface area (Å²) in [5.41, 5.74) is 0.668. The summed E-state index contributed by atoms with van der Waals surface area (Å²) in [6.45, 7) is -1.34. The molecule has 0 bridgehead atoms. The van der Waals surface area contributed by atoms with Crippen molar-refractivity contribution in [3.05, 3.63) is 71.1 Å². The second-order valence-corrected chi connectivity index (χ2v) is 9.65. The van der Waals surface area contributed by atoms with E-state index in [9.17, 15) is 26.4 Å².